The van der Waals surface area contributed by atoms with Crippen molar-refractivity contribution in [2.45, 2.75) is 6.42 Å². The van der Waals surface area contributed by atoms with E-state index in [-0.39, 0.29) is 12.4 Å². The van der Waals surface area contributed by atoms with Gasteiger partial charge < -0.3 is 5.11 Å². The van der Waals surface area contributed by atoms with E-state index in [9.17, 15) is 4.79 Å². The third-order valence-corrected chi connectivity index (χ3v) is 3.88. The van der Waals surface area contributed by atoms with E-state index >= 15 is 0 Å². The Morgan fingerprint density at radius 2 is 2.12 bits per heavy atom. The van der Waals surface area contributed by atoms with Crippen LogP contribution in [-0.2, 0) is 0 Å². The van der Waals surface area contributed by atoms with Crippen LogP contribution < -0.4 is 0 Å². The summed E-state index contributed by atoms with van der Waals surface area (Å²) in [7, 11) is 0. The summed E-state index contributed by atoms with van der Waals surface area (Å²) in [6, 6.07) is 7.66. The normalized spacial score (nSPS) is 20.7. The molecule has 0 amide bonds. The number of aliphatic hydroxyl groups excluding tert-OH is 1. The third-order valence-electron chi connectivity index (χ3n) is 3.16. The molecule has 1 N–H and O–H groups in total. The van der Waals surface area contributed by atoms with Crippen LogP contribution >= 0.6 is 22.6 Å². The average Bonchev–Trinajstić information content (AvgIpc) is 2.77. The van der Waals surface area contributed by atoms with E-state index in [0.29, 0.717) is 12.5 Å². The zero-order valence-corrected chi connectivity index (χ0v) is 11.8. The summed E-state index contributed by atoms with van der Waals surface area (Å²) in [6.07, 6.45) is 0.996. The van der Waals surface area contributed by atoms with Crippen molar-refractivity contribution >= 4 is 28.4 Å². The first-order chi connectivity index (χ1) is 8.19. The molecule has 1 aliphatic rings. The van der Waals surface area contributed by atoms with E-state index < -0.39 is 0 Å². The lowest BCUT2D eigenvalue weighted by atomic mass is 10.1. The minimum atomic E-state index is 0.167. The molecule has 1 heterocycles. The summed E-state index contributed by atoms with van der Waals surface area (Å²) in [4.78, 5) is 14.1. The van der Waals surface area contributed by atoms with Crippen molar-refractivity contribution in [2.75, 3.05) is 26.2 Å². The van der Waals surface area contributed by atoms with E-state index in [0.717, 1.165) is 28.6 Å². The monoisotopic (exact) mass is 345 g/mol. The lowest BCUT2D eigenvalue weighted by molar-refractivity contribution is 0.0940. The third kappa shape index (κ3) is 3.50. The quantitative estimate of drug-likeness (QED) is 0.668. The fourth-order valence-corrected chi connectivity index (χ4v) is 2.50. The highest BCUT2D eigenvalue weighted by Crippen LogP contribution is 2.16. The Balaban J connectivity index is 1.91. The van der Waals surface area contributed by atoms with Crippen LogP contribution in [0, 0.1) is 9.49 Å². The number of carbonyl (C=O) groups is 1. The van der Waals surface area contributed by atoms with Crippen molar-refractivity contribution in [1.29, 1.82) is 0 Å². The number of likely N-dealkylation sites (tertiary alicyclic amines) is 1. The van der Waals surface area contributed by atoms with Crippen LogP contribution in [-0.4, -0.2) is 42.0 Å². The lowest BCUT2D eigenvalue weighted by Gasteiger charge is -2.14. The molecule has 1 atom stereocenters. The highest BCUT2D eigenvalue weighted by molar-refractivity contribution is 14.1. The van der Waals surface area contributed by atoms with Crippen molar-refractivity contribution in [3.05, 3.63) is 33.4 Å². The zero-order chi connectivity index (χ0) is 12.3. The molecule has 3 nitrogen and oxygen atoms in total. The fraction of sp³-hybridized carbons (Fsp3) is 0.462. The van der Waals surface area contributed by atoms with Gasteiger partial charge in [0.25, 0.3) is 0 Å². The molecule has 0 spiro atoms. The van der Waals surface area contributed by atoms with Crippen LogP contribution in [0.25, 0.3) is 0 Å². The van der Waals surface area contributed by atoms with Gasteiger partial charge in [0.05, 0.1) is 6.54 Å². The Morgan fingerprint density at radius 3 is 2.71 bits per heavy atom. The molecule has 1 fully saturated rings. The van der Waals surface area contributed by atoms with Gasteiger partial charge in [0.2, 0.25) is 0 Å². The van der Waals surface area contributed by atoms with Gasteiger partial charge in [-0.2, -0.15) is 0 Å². The Kier molecular flexibility index (Phi) is 4.53. The largest absolute Gasteiger partial charge is 0.396 e. The van der Waals surface area contributed by atoms with Crippen LogP contribution in [0.1, 0.15) is 16.8 Å². The summed E-state index contributed by atoms with van der Waals surface area (Å²) in [5.41, 5.74) is 0.776. The van der Waals surface area contributed by atoms with Crippen LogP contribution in [0.3, 0.4) is 0 Å². The summed E-state index contributed by atoms with van der Waals surface area (Å²) in [6.45, 7) is 2.46. The van der Waals surface area contributed by atoms with E-state index in [1.807, 2.05) is 24.3 Å². The first kappa shape index (κ1) is 13.0. The van der Waals surface area contributed by atoms with Crippen molar-refractivity contribution < 1.29 is 9.90 Å². The highest BCUT2D eigenvalue weighted by Gasteiger charge is 2.23. The maximum Gasteiger partial charge on any atom is 0.176 e. The van der Waals surface area contributed by atoms with E-state index in [2.05, 4.69) is 27.5 Å². The molecule has 0 radical (unpaired) electrons. The van der Waals surface area contributed by atoms with E-state index in [4.69, 9.17) is 5.11 Å². The number of Topliss-reactive ketones (excluding diaryl/α,β-unsaturated/α-hetero) is 1. The molecule has 1 aromatic carbocycles. The van der Waals surface area contributed by atoms with E-state index in [1.54, 1.807) is 0 Å². The van der Waals surface area contributed by atoms with Crippen LogP contribution in [0.5, 0.6) is 0 Å². The molecule has 0 saturated carbocycles. The minimum absolute atomic E-state index is 0.167. The first-order valence-corrected chi connectivity index (χ1v) is 6.89. The molecule has 1 aromatic rings. The van der Waals surface area contributed by atoms with Gasteiger partial charge in [-0.15, -0.1) is 0 Å². The smallest absolute Gasteiger partial charge is 0.176 e. The Labute approximate surface area is 115 Å². The summed E-state index contributed by atoms with van der Waals surface area (Å²) in [5.74, 6) is 0.513. The number of benzene rings is 1. The standard InChI is InChI=1S/C13H16INO2/c14-12-3-1-11(2-4-12)13(17)8-15-6-5-10(7-15)9-16/h1-4,10,16H,5-9H2. The highest BCUT2D eigenvalue weighted by atomic mass is 127. The summed E-state index contributed by atoms with van der Waals surface area (Å²) < 4.78 is 1.14. The van der Waals surface area contributed by atoms with Gasteiger partial charge in [-0.3, -0.25) is 9.69 Å². The molecule has 0 bridgehead atoms. The SMILES string of the molecule is O=C(CN1CCC(CO)C1)c1ccc(I)cc1. The van der Waals surface area contributed by atoms with E-state index in [1.165, 1.54) is 0 Å². The molecule has 1 aliphatic heterocycles. The number of rotatable bonds is 4. The number of nitrogens with zero attached hydrogens (tertiary/aromatic N) is 1. The molecular weight excluding hydrogens is 329 g/mol. The molecule has 0 aromatic heterocycles. The molecule has 0 aliphatic carbocycles. The zero-order valence-electron chi connectivity index (χ0n) is 9.60. The molecule has 4 heteroatoms. The number of ketones is 1. The lowest BCUT2D eigenvalue weighted by Crippen LogP contribution is -2.28. The Bertz CT molecular complexity index is 391. The Hall–Kier alpha value is -0.460. The number of aliphatic hydroxyl groups is 1. The van der Waals surface area contributed by atoms with Crippen LogP contribution in [0.15, 0.2) is 24.3 Å². The maximum absolute atomic E-state index is 12.0. The second kappa shape index (κ2) is 5.93. The molecule has 1 saturated heterocycles. The predicted molar refractivity (Wildman–Crippen MR) is 75.1 cm³/mol. The predicted octanol–water partition coefficient (Wildman–Crippen LogP) is 1.79. The van der Waals surface area contributed by atoms with Crippen LogP contribution in [0.4, 0.5) is 0 Å². The maximum atomic E-state index is 12.0. The van der Waals surface area contributed by atoms with Gasteiger partial charge in [0, 0.05) is 22.3 Å². The average molecular weight is 345 g/mol. The first-order valence-electron chi connectivity index (χ1n) is 5.81. The summed E-state index contributed by atoms with van der Waals surface area (Å²) in [5, 5.41) is 9.05. The van der Waals surface area contributed by atoms with Crippen molar-refractivity contribution in [2.24, 2.45) is 5.92 Å². The van der Waals surface area contributed by atoms with Gasteiger partial charge in [0.1, 0.15) is 0 Å². The van der Waals surface area contributed by atoms with Gasteiger partial charge in [-0.25, -0.2) is 0 Å². The number of hydrogen-bond donors (Lipinski definition) is 1. The van der Waals surface area contributed by atoms with Crippen molar-refractivity contribution in [3.63, 3.8) is 0 Å². The second-order valence-corrected chi connectivity index (χ2v) is 5.75. The fourth-order valence-electron chi connectivity index (χ4n) is 2.14. The van der Waals surface area contributed by atoms with Gasteiger partial charge in [0.15, 0.2) is 5.78 Å². The number of halogens is 1. The summed E-state index contributed by atoms with van der Waals surface area (Å²) >= 11 is 2.23. The molecule has 1 unspecified atom stereocenters. The van der Waals surface area contributed by atoms with Gasteiger partial charge in [-0.1, -0.05) is 12.1 Å². The number of carbonyl (C=O) groups excluding carboxylic acids is 1. The molecule has 2 rings (SSSR count). The Morgan fingerprint density at radius 1 is 1.41 bits per heavy atom. The topological polar surface area (TPSA) is 40.5 Å². The molecular formula is C13H16INO2. The second-order valence-electron chi connectivity index (χ2n) is 4.50. The minimum Gasteiger partial charge on any atom is -0.396 e. The molecule has 17 heavy (non-hydrogen) atoms. The van der Waals surface area contributed by atoms with Crippen molar-refractivity contribution in [3.8, 4) is 0 Å². The van der Waals surface area contributed by atoms with Gasteiger partial charge >= 0.3 is 0 Å². The molecule has 92 valence electrons. The van der Waals surface area contributed by atoms with Crippen LogP contribution in [0.2, 0.25) is 0 Å². The van der Waals surface area contributed by atoms with Crippen molar-refractivity contribution in [1.82, 2.24) is 4.90 Å². The van der Waals surface area contributed by atoms with Gasteiger partial charge in [-0.05, 0) is 53.6 Å². The number of hydrogen-bond acceptors (Lipinski definition) is 3.